The lowest BCUT2D eigenvalue weighted by Crippen LogP contribution is -2.17. The van der Waals surface area contributed by atoms with Gasteiger partial charge in [-0.25, -0.2) is 4.68 Å². The van der Waals surface area contributed by atoms with E-state index < -0.39 is 0 Å². The lowest BCUT2D eigenvalue weighted by Gasteiger charge is -2.02. The molecule has 7 nitrogen and oxygen atoms in total. The van der Waals surface area contributed by atoms with Crippen molar-refractivity contribution < 1.29 is 4.79 Å². The van der Waals surface area contributed by atoms with E-state index >= 15 is 0 Å². The van der Waals surface area contributed by atoms with Crippen LogP contribution in [0.25, 0.3) is 0 Å². The van der Waals surface area contributed by atoms with Gasteiger partial charge in [0.1, 0.15) is 5.82 Å². The van der Waals surface area contributed by atoms with E-state index in [1.54, 1.807) is 18.7 Å². The van der Waals surface area contributed by atoms with Gasteiger partial charge in [-0.1, -0.05) is 0 Å². The molecule has 2 aromatic rings. The summed E-state index contributed by atoms with van der Waals surface area (Å²) in [6.45, 7) is 1.78. The third-order valence-corrected chi connectivity index (χ3v) is 3.12. The second-order valence-corrected chi connectivity index (χ2v) is 4.44. The Morgan fingerprint density at radius 3 is 3.00 bits per heavy atom. The molecule has 0 aromatic carbocycles. The molecule has 0 saturated carbocycles. The van der Waals surface area contributed by atoms with Crippen molar-refractivity contribution in [2.24, 2.45) is 7.05 Å². The van der Waals surface area contributed by atoms with Crippen molar-refractivity contribution in [1.82, 2.24) is 25.0 Å². The summed E-state index contributed by atoms with van der Waals surface area (Å²) in [4.78, 5) is 16.3. The van der Waals surface area contributed by atoms with Gasteiger partial charge in [-0.15, -0.1) is 0 Å². The number of aromatic nitrogens is 5. The summed E-state index contributed by atoms with van der Waals surface area (Å²) in [6, 6.07) is 0. The average Bonchev–Trinajstić information content (AvgIpc) is 2.94. The minimum atomic E-state index is -0.232. The summed E-state index contributed by atoms with van der Waals surface area (Å²) in [5, 5.41) is 13.8. The summed E-state index contributed by atoms with van der Waals surface area (Å²) < 4.78 is 1.54. The van der Waals surface area contributed by atoms with Gasteiger partial charge in [0.2, 0.25) is 5.95 Å². The number of carbonyl (C=O) groups excluding carboxylic acids is 1. The van der Waals surface area contributed by atoms with E-state index in [9.17, 15) is 4.79 Å². The zero-order valence-corrected chi connectivity index (χ0v) is 10.3. The van der Waals surface area contributed by atoms with Gasteiger partial charge in [0.25, 0.3) is 5.91 Å². The van der Waals surface area contributed by atoms with Crippen LogP contribution in [-0.4, -0.2) is 30.9 Å². The van der Waals surface area contributed by atoms with Crippen molar-refractivity contribution in [2.75, 3.05) is 5.32 Å². The minimum absolute atomic E-state index is 0.232. The van der Waals surface area contributed by atoms with Crippen LogP contribution >= 0.6 is 0 Å². The Labute approximate surface area is 104 Å². The average molecular weight is 246 g/mol. The normalized spacial score (nSPS) is 13.7. The van der Waals surface area contributed by atoms with Crippen molar-refractivity contribution in [3.8, 4) is 0 Å². The van der Waals surface area contributed by atoms with Crippen molar-refractivity contribution in [2.45, 2.75) is 26.2 Å². The second kappa shape index (κ2) is 3.94. The lowest BCUT2D eigenvalue weighted by molar-refractivity contribution is 0.102. The highest BCUT2D eigenvalue weighted by Gasteiger charge is 2.23. The van der Waals surface area contributed by atoms with Gasteiger partial charge in [0.05, 0.1) is 0 Å². The molecule has 2 aromatic heterocycles. The molecule has 1 aliphatic carbocycles. The molecule has 0 radical (unpaired) electrons. The number of amides is 1. The zero-order chi connectivity index (χ0) is 12.7. The molecule has 0 bridgehead atoms. The largest absolute Gasteiger partial charge is 0.289 e. The van der Waals surface area contributed by atoms with E-state index in [1.165, 1.54) is 0 Å². The van der Waals surface area contributed by atoms with Crippen LogP contribution in [-0.2, 0) is 19.9 Å². The molecular formula is C11H14N6O. The first-order valence-electron chi connectivity index (χ1n) is 5.90. The molecule has 0 saturated heterocycles. The van der Waals surface area contributed by atoms with Crippen molar-refractivity contribution in [3.63, 3.8) is 0 Å². The third kappa shape index (κ3) is 1.68. The number of aryl methyl sites for hydroxylation is 3. The Balaban J connectivity index is 1.85. The summed E-state index contributed by atoms with van der Waals surface area (Å²) in [5.74, 6) is 0.831. The molecule has 0 fully saturated rings. The predicted octanol–water partition coefficient (Wildman–Crippen LogP) is 0.588. The molecular weight excluding hydrogens is 232 g/mol. The summed E-state index contributed by atoms with van der Waals surface area (Å²) in [7, 11) is 1.74. The standard InChI is InChI=1S/C11H14N6O/c1-6-12-11(17(2)16-6)13-10(18)9-7-4-3-5-8(7)14-15-9/h3-5H2,1-2H3,(H,14,15)(H,12,13,16,18). The molecule has 1 amide bonds. The quantitative estimate of drug-likeness (QED) is 0.811. The van der Waals surface area contributed by atoms with Crippen LogP contribution in [0.3, 0.4) is 0 Å². The summed E-state index contributed by atoms with van der Waals surface area (Å²) >= 11 is 0. The smallest absolute Gasteiger partial charge is 0.278 e. The number of fused-ring (bicyclic) bond motifs is 1. The Bertz CT molecular complexity index is 611. The van der Waals surface area contributed by atoms with Gasteiger partial charge in [-0.2, -0.15) is 15.2 Å². The number of carbonyl (C=O) groups is 1. The maximum Gasteiger partial charge on any atom is 0.278 e. The molecule has 2 N–H and O–H groups in total. The number of hydrogen-bond donors (Lipinski definition) is 2. The third-order valence-electron chi connectivity index (χ3n) is 3.12. The van der Waals surface area contributed by atoms with Crippen LogP contribution in [0.1, 0.15) is 34.0 Å². The Kier molecular flexibility index (Phi) is 2.39. The van der Waals surface area contributed by atoms with Gasteiger partial charge in [-0.05, 0) is 26.2 Å². The Hall–Kier alpha value is -2.18. The maximum absolute atomic E-state index is 12.1. The van der Waals surface area contributed by atoms with Crippen LogP contribution in [0.2, 0.25) is 0 Å². The SMILES string of the molecule is Cc1nc(NC(=O)c2n[nH]c3c2CCC3)n(C)n1. The van der Waals surface area contributed by atoms with E-state index in [2.05, 4.69) is 25.6 Å². The monoisotopic (exact) mass is 246 g/mol. The highest BCUT2D eigenvalue weighted by molar-refractivity contribution is 6.03. The number of nitrogens with one attached hydrogen (secondary N) is 2. The van der Waals surface area contributed by atoms with Crippen LogP contribution in [0.15, 0.2) is 0 Å². The van der Waals surface area contributed by atoms with Crippen LogP contribution in [0.5, 0.6) is 0 Å². The number of nitrogens with zero attached hydrogens (tertiary/aromatic N) is 4. The fraction of sp³-hybridized carbons (Fsp3) is 0.455. The molecule has 18 heavy (non-hydrogen) atoms. The number of H-pyrrole nitrogens is 1. The van der Waals surface area contributed by atoms with Gasteiger partial charge >= 0.3 is 0 Å². The highest BCUT2D eigenvalue weighted by Crippen LogP contribution is 2.23. The maximum atomic E-state index is 12.1. The number of anilines is 1. The van der Waals surface area contributed by atoms with Gasteiger partial charge in [0.15, 0.2) is 5.69 Å². The predicted molar refractivity (Wildman–Crippen MR) is 64.3 cm³/mol. The van der Waals surface area contributed by atoms with Crippen molar-refractivity contribution >= 4 is 11.9 Å². The minimum Gasteiger partial charge on any atom is -0.289 e. The summed E-state index contributed by atoms with van der Waals surface area (Å²) in [6.07, 6.45) is 2.96. The first kappa shape index (κ1) is 10.9. The van der Waals surface area contributed by atoms with Gasteiger partial charge < -0.3 is 0 Å². The molecule has 3 rings (SSSR count). The molecule has 0 atom stereocenters. The molecule has 94 valence electrons. The van der Waals surface area contributed by atoms with E-state index in [0.717, 1.165) is 30.5 Å². The fourth-order valence-corrected chi connectivity index (χ4v) is 2.29. The lowest BCUT2D eigenvalue weighted by atomic mass is 10.2. The molecule has 7 heteroatoms. The first-order chi connectivity index (χ1) is 8.65. The van der Waals surface area contributed by atoms with E-state index in [-0.39, 0.29) is 5.91 Å². The molecule has 2 heterocycles. The van der Waals surface area contributed by atoms with E-state index in [1.807, 2.05) is 0 Å². The molecule has 0 aliphatic heterocycles. The number of aromatic amines is 1. The van der Waals surface area contributed by atoms with Crippen LogP contribution in [0.4, 0.5) is 5.95 Å². The zero-order valence-electron chi connectivity index (χ0n) is 10.3. The topological polar surface area (TPSA) is 88.5 Å². The fourth-order valence-electron chi connectivity index (χ4n) is 2.29. The van der Waals surface area contributed by atoms with Crippen LogP contribution < -0.4 is 5.32 Å². The first-order valence-corrected chi connectivity index (χ1v) is 5.90. The molecule has 0 unspecified atom stereocenters. The number of hydrogen-bond acceptors (Lipinski definition) is 4. The number of rotatable bonds is 2. The summed E-state index contributed by atoms with van der Waals surface area (Å²) in [5.41, 5.74) is 2.59. The Morgan fingerprint density at radius 1 is 1.44 bits per heavy atom. The van der Waals surface area contributed by atoms with E-state index in [0.29, 0.717) is 17.5 Å². The highest BCUT2D eigenvalue weighted by atomic mass is 16.2. The van der Waals surface area contributed by atoms with E-state index in [4.69, 9.17) is 0 Å². The van der Waals surface area contributed by atoms with Gasteiger partial charge in [-0.3, -0.25) is 15.2 Å². The molecule has 0 spiro atoms. The molecule has 1 aliphatic rings. The van der Waals surface area contributed by atoms with Gasteiger partial charge in [0, 0.05) is 18.3 Å². The van der Waals surface area contributed by atoms with Crippen molar-refractivity contribution in [3.05, 3.63) is 22.8 Å². The second-order valence-electron chi connectivity index (χ2n) is 4.44. The Morgan fingerprint density at radius 2 is 2.28 bits per heavy atom. The van der Waals surface area contributed by atoms with Crippen molar-refractivity contribution in [1.29, 1.82) is 0 Å². The van der Waals surface area contributed by atoms with Crippen LogP contribution in [0, 0.1) is 6.92 Å².